The molecule has 0 N–H and O–H groups in total. The van der Waals surface area contributed by atoms with Crippen molar-refractivity contribution >= 4 is 12.3 Å². The van der Waals surface area contributed by atoms with Gasteiger partial charge < -0.3 is 28.4 Å². The maximum atomic E-state index is 11.4. The van der Waals surface area contributed by atoms with Gasteiger partial charge in [0.05, 0.1) is 26.4 Å². The van der Waals surface area contributed by atoms with Crippen LogP contribution < -0.4 is 0 Å². The van der Waals surface area contributed by atoms with Crippen molar-refractivity contribution in [2.24, 2.45) is 0 Å². The van der Waals surface area contributed by atoms with Crippen LogP contribution in [0.15, 0.2) is 0 Å². The van der Waals surface area contributed by atoms with Crippen LogP contribution in [0.2, 0.25) is 0 Å². The summed E-state index contributed by atoms with van der Waals surface area (Å²) in [5.74, 6) is 0. The Hall–Kier alpha value is -1.54. The van der Waals surface area contributed by atoms with Crippen LogP contribution in [0.3, 0.4) is 0 Å². The lowest BCUT2D eigenvalue weighted by molar-refractivity contribution is 0.0489. The molecule has 0 aliphatic heterocycles. The molecular formula is C21H40O8. The lowest BCUT2D eigenvalue weighted by Crippen LogP contribution is -2.11. The Labute approximate surface area is 175 Å². The standard InChI is InChI=1S/C21H40O8/c1-24-14-8-3-5-10-16-26-20(22)28-18-12-7-13-19-29-21(23)27-17-11-6-4-9-15-25-2/h3-19H2,1-2H3. The summed E-state index contributed by atoms with van der Waals surface area (Å²) in [5, 5.41) is 0. The van der Waals surface area contributed by atoms with Crippen molar-refractivity contribution in [2.45, 2.75) is 70.6 Å². The minimum atomic E-state index is -0.621. The summed E-state index contributed by atoms with van der Waals surface area (Å²) in [4.78, 5) is 22.8. The molecule has 8 heteroatoms. The van der Waals surface area contributed by atoms with Crippen molar-refractivity contribution in [1.82, 2.24) is 0 Å². The first-order valence-corrected chi connectivity index (χ1v) is 10.8. The van der Waals surface area contributed by atoms with Crippen LogP contribution >= 0.6 is 0 Å². The van der Waals surface area contributed by atoms with Crippen LogP contribution in [0.5, 0.6) is 0 Å². The minimum Gasteiger partial charge on any atom is -0.434 e. The smallest absolute Gasteiger partial charge is 0.434 e. The van der Waals surface area contributed by atoms with Crippen LogP contribution in [-0.4, -0.2) is 66.2 Å². The average Bonchev–Trinajstić information content (AvgIpc) is 2.71. The van der Waals surface area contributed by atoms with Crippen molar-refractivity contribution in [3.63, 3.8) is 0 Å². The first-order chi connectivity index (χ1) is 14.2. The van der Waals surface area contributed by atoms with E-state index in [1.165, 1.54) is 0 Å². The summed E-state index contributed by atoms with van der Waals surface area (Å²) in [6.45, 7) is 2.92. The van der Waals surface area contributed by atoms with Gasteiger partial charge in [-0.1, -0.05) is 12.8 Å². The monoisotopic (exact) mass is 420 g/mol. The molecule has 0 aliphatic carbocycles. The van der Waals surface area contributed by atoms with Gasteiger partial charge in [-0.05, 0) is 57.8 Å². The van der Waals surface area contributed by atoms with E-state index in [0.29, 0.717) is 39.3 Å². The molecule has 0 unspecified atom stereocenters. The van der Waals surface area contributed by atoms with Gasteiger partial charge in [-0.3, -0.25) is 0 Å². The number of methoxy groups -OCH3 is 2. The lowest BCUT2D eigenvalue weighted by atomic mass is 10.2. The Morgan fingerprint density at radius 3 is 0.931 bits per heavy atom. The Balaban J connectivity index is 3.27. The van der Waals surface area contributed by atoms with Gasteiger partial charge in [-0.2, -0.15) is 0 Å². The van der Waals surface area contributed by atoms with E-state index in [1.807, 2.05) is 0 Å². The van der Waals surface area contributed by atoms with Gasteiger partial charge in [0, 0.05) is 27.4 Å². The largest absolute Gasteiger partial charge is 0.508 e. The second kappa shape index (κ2) is 22.7. The van der Waals surface area contributed by atoms with Gasteiger partial charge in [0.15, 0.2) is 0 Å². The van der Waals surface area contributed by atoms with E-state index < -0.39 is 12.3 Å². The summed E-state index contributed by atoms with van der Waals surface area (Å²) in [6.07, 6.45) is 8.81. The van der Waals surface area contributed by atoms with Crippen LogP contribution in [0.4, 0.5) is 9.59 Å². The molecule has 172 valence electrons. The van der Waals surface area contributed by atoms with E-state index in [4.69, 9.17) is 28.4 Å². The fourth-order valence-corrected chi connectivity index (χ4v) is 2.49. The van der Waals surface area contributed by atoms with Crippen LogP contribution in [0, 0.1) is 0 Å². The average molecular weight is 421 g/mol. The first-order valence-electron chi connectivity index (χ1n) is 10.8. The summed E-state index contributed by atoms with van der Waals surface area (Å²) in [6, 6.07) is 0. The van der Waals surface area contributed by atoms with E-state index in [0.717, 1.165) is 71.0 Å². The first kappa shape index (κ1) is 27.5. The molecule has 0 rings (SSSR count). The van der Waals surface area contributed by atoms with E-state index >= 15 is 0 Å². The van der Waals surface area contributed by atoms with Gasteiger partial charge in [0.2, 0.25) is 0 Å². The molecule has 0 amide bonds. The van der Waals surface area contributed by atoms with E-state index in [2.05, 4.69) is 0 Å². The molecule has 0 fully saturated rings. The zero-order valence-electron chi connectivity index (χ0n) is 18.3. The zero-order valence-corrected chi connectivity index (χ0v) is 18.3. The van der Waals surface area contributed by atoms with E-state index in [9.17, 15) is 9.59 Å². The van der Waals surface area contributed by atoms with Gasteiger partial charge in [0.25, 0.3) is 0 Å². The quantitative estimate of drug-likeness (QED) is 0.203. The molecule has 0 radical (unpaired) electrons. The maximum Gasteiger partial charge on any atom is 0.508 e. The summed E-state index contributed by atoms with van der Waals surface area (Å²) < 4.78 is 29.9. The Bertz CT molecular complexity index is 342. The molecule has 0 spiro atoms. The molecule has 0 aromatic heterocycles. The highest BCUT2D eigenvalue weighted by Gasteiger charge is 2.05. The molecule has 0 atom stereocenters. The number of hydrogen-bond donors (Lipinski definition) is 0. The third kappa shape index (κ3) is 22.6. The lowest BCUT2D eigenvalue weighted by Gasteiger charge is -2.07. The molecule has 0 aliphatic rings. The molecule has 0 heterocycles. The van der Waals surface area contributed by atoms with Crippen molar-refractivity contribution in [3.05, 3.63) is 0 Å². The van der Waals surface area contributed by atoms with Crippen molar-refractivity contribution in [1.29, 1.82) is 0 Å². The number of carbonyl (C=O) groups excluding carboxylic acids is 2. The fraction of sp³-hybridized carbons (Fsp3) is 0.905. The molecule has 0 saturated heterocycles. The Morgan fingerprint density at radius 1 is 0.414 bits per heavy atom. The second-order valence-corrected chi connectivity index (χ2v) is 6.77. The van der Waals surface area contributed by atoms with E-state index in [-0.39, 0.29) is 0 Å². The van der Waals surface area contributed by atoms with Crippen LogP contribution in [-0.2, 0) is 28.4 Å². The second-order valence-electron chi connectivity index (χ2n) is 6.77. The Kier molecular flexibility index (Phi) is 21.5. The van der Waals surface area contributed by atoms with Crippen LogP contribution in [0.25, 0.3) is 0 Å². The van der Waals surface area contributed by atoms with E-state index in [1.54, 1.807) is 14.2 Å². The van der Waals surface area contributed by atoms with Gasteiger partial charge in [-0.15, -0.1) is 0 Å². The molecule has 0 aromatic rings. The topological polar surface area (TPSA) is 89.5 Å². The number of ether oxygens (including phenoxy) is 6. The molecule has 29 heavy (non-hydrogen) atoms. The maximum absolute atomic E-state index is 11.4. The van der Waals surface area contributed by atoms with Crippen molar-refractivity contribution < 1.29 is 38.0 Å². The minimum absolute atomic E-state index is 0.306. The van der Waals surface area contributed by atoms with Crippen molar-refractivity contribution in [2.75, 3.05) is 53.9 Å². The summed E-state index contributed by atoms with van der Waals surface area (Å²) in [7, 11) is 3.38. The molecule has 8 nitrogen and oxygen atoms in total. The third-order valence-electron chi connectivity index (χ3n) is 4.15. The van der Waals surface area contributed by atoms with Gasteiger partial charge in [-0.25, -0.2) is 9.59 Å². The number of unbranched alkanes of at least 4 members (excludes halogenated alkanes) is 8. The van der Waals surface area contributed by atoms with Gasteiger partial charge in [0.1, 0.15) is 0 Å². The fourth-order valence-electron chi connectivity index (χ4n) is 2.49. The summed E-state index contributed by atoms with van der Waals surface area (Å²) >= 11 is 0. The highest BCUT2D eigenvalue weighted by atomic mass is 16.7. The zero-order chi connectivity index (χ0) is 21.4. The van der Waals surface area contributed by atoms with Gasteiger partial charge >= 0.3 is 12.3 Å². The normalized spacial score (nSPS) is 10.6. The highest BCUT2D eigenvalue weighted by Crippen LogP contribution is 2.03. The van der Waals surface area contributed by atoms with Crippen LogP contribution in [0.1, 0.15) is 70.6 Å². The molecule has 0 bridgehead atoms. The number of rotatable bonds is 20. The Morgan fingerprint density at radius 2 is 0.655 bits per heavy atom. The summed E-state index contributed by atoms with van der Waals surface area (Å²) in [5.41, 5.74) is 0. The predicted octanol–water partition coefficient (Wildman–Crippen LogP) is 4.88. The molecular weight excluding hydrogens is 380 g/mol. The predicted molar refractivity (Wildman–Crippen MR) is 109 cm³/mol. The van der Waals surface area contributed by atoms with Crippen molar-refractivity contribution in [3.8, 4) is 0 Å². The third-order valence-corrected chi connectivity index (χ3v) is 4.15. The molecule has 0 aromatic carbocycles. The number of carbonyl (C=O) groups is 2. The SMILES string of the molecule is COCCCCCCOC(=O)OCCCCCOC(=O)OCCCCCCOC. The molecule has 0 saturated carbocycles. The number of hydrogen-bond acceptors (Lipinski definition) is 8. The highest BCUT2D eigenvalue weighted by molar-refractivity contribution is 5.60.